The number of carbonyl (C=O) groups is 1. The zero-order chi connectivity index (χ0) is 11.5. The first-order chi connectivity index (χ1) is 7.66. The van der Waals surface area contributed by atoms with Gasteiger partial charge in [-0.1, -0.05) is 11.6 Å². The summed E-state index contributed by atoms with van der Waals surface area (Å²) in [6.45, 7) is 3.19. The Morgan fingerprint density at radius 3 is 2.81 bits per heavy atom. The van der Waals surface area contributed by atoms with Gasteiger partial charge < -0.3 is 15.7 Å². The van der Waals surface area contributed by atoms with E-state index in [-0.39, 0.29) is 11.7 Å². The fourth-order valence-electron chi connectivity index (χ4n) is 1.65. The predicted molar refractivity (Wildman–Crippen MR) is 61.8 cm³/mol. The number of aromatic hydroxyl groups is 1. The summed E-state index contributed by atoms with van der Waals surface area (Å²) in [7, 11) is 0. The van der Waals surface area contributed by atoms with Gasteiger partial charge in [-0.05, 0) is 19.1 Å². The van der Waals surface area contributed by atoms with Crippen LogP contribution in [-0.2, 0) is 4.79 Å². The van der Waals surface area contributed by atoms with Crippen molar-refractivity contribution in [1.29, 1.82) is 0 Å². The zero-order valence-corrected chi connectivity index (χ0v) is 9.08. The Labute approximate surface area is 94.0 Å². The van der Waals surface area contributed by atoms with Crippen LogP contribution in [0.3, 0.4) is 0 Å². The minimum absolute atomic E-state index is 0.138. The number of hydrogen-bond donors (Lipinski definition) is 3. The van der Waals surface area contributed by atoms with E-state index in [1.165, 1.54) is 6.08 Å². The number of carbonyl (C=O) groups excluding carboxylic acids is 1. The molecule has 1 aromatic rings. The summed E-state index contributed by atoms with van der Waals surface area (Å²) >= 11 is 0. The van der Waals surface area contributed by atoms with Crippen LogP contribution < -0.4 is 10.6 Å². The predicted octanol–water partition coefficient (Wildman–Crippen LogP) is 0.761. The van der Waals surface area contributed by atoms with Gasteiger partial charge >= 0.3 is 0 Å². The molecule has 84 valence electrons. The van der Waals surface area contributed by atoms with E-state index < -0.39 is 0 Å². The fourth-order valence-corrected chi connectivity index (χ4v) is 1.65. The molecule has 1 aliphatic rings. The molecule has 3 N–H and O–H groups in total. The number of rotatable bonds is 1. The SMILES string of the molecule is Cc1ccc(O)c(C2=CC(=O)NCCN2)c1. The number of nitrogens with one attached hydrogen (secondary N) is 2. The van der Waals surface area contributed by atoms with Crippen LogP contribution in [0.1, 0.15) is 11.1 Å². The fraction of sp³-hybridized carbons (Fsp3) is 0.250. The van der Waals surface area contributed by atoms with Crippen LogP contribution in [-0.4, -0.2) is 24.1 Å². The van der Waals surface area contributed by atoms with E-state index in [2.05, 4.69) is 10.6 Å². The minimum Gasteiger partial charge on any atom is -0.507 e. The van der Waals surface area contributed by atoms with Crippen molar-refractivity contribution in [2.45, 2.75) is 6.92 Å². The quantitative estimate of drug-likeness (QED) is 0.652. The van der Waals surface area contributed by atoms with Gasteiger partial charge in [-0.3, -0.25) is 4.79 Å². The molecule has 0 unspecified atom stereocenters. The Balaban J connectivity index is 2.42. The lowest BCUT2D eigenvalue weighted by Crippen LogP contribution is -2.25. The van der Waals surface area contributed by atoms with Crippen LogP contribution in [0.15, 0.2) is 24.3 Å². The number of phenols is 1. The monoisotopic (exact) mass is 218 g/mol. The Bertz CT molecular complexity index is 452. The standard InChI is InChI=1S/C12H14N2O2/c1-8-2-3-11(15)9(6-8)10-7-12(16)14-5-4-13-10/h2-3,6-7,13,15H,4-5H2,1H3,(H,14,16). The van der Waals surface area contributed by atoms with Crippen molar-refractivity contribution in [3.63, 3.8) is 0 Å². The third kappa shape index (κ3) is 2.16. The molecular formula is C12H14N2O2. The summed E-state index contributed by atoms with van der Waals surface area (Å²) in [4.78, 5) is 11.4. The van der Waals surface area contributed by atoms with E-state index in [9.17, 15) is 9.90 Å². The molecule has 2 rings (SSSR count). The Morgan fingerprint density at radius 2 is 2.00 bits per heavy atom. The smallest absolute Gasteiger partial charge is 0.246 e. The number of hydrogen-bond acceptors (Lipinski definition) is 3. The number of aryl methyl sites for hydroxylation is 1. The molecule has 0 fully saturated rings. The van der Waals surface area contributed by atoms with Gasteiger partial charge in [0.05, 0.1) is 5.70 Å². The largest absolute Gasteiger partial charge is 0.507 e. The molecule has 0 saturated heterocycles. The Kier molecular flexibility index (Phi) is 2.81. The zero-order valence-electron chi connectivity index (χ0n) is 9.08. The molecular weight excluding hydrogens is 204 g/mol. The summed E-state index contributed by atoms with van der Waals surface area (Å²) in [5.74, 6) is 0.0416. The van der Waals surface area contributed by atoms with E-state index >= 15 is 0 Å². The first kappa shape index (κ1) is 10.5. The highest BCUT2D eigenvalue weighted by molar-refractivity contribution is 5.96. The van der Waals surface area contributed by atoms with Crippen LogP contribution in [0.4, 0.5) is 0 Å². The second kappa shape index (κ2) is 4.26. The molecule has 0 bridgehead atoms. The third-order valence-corrected chi connectivity index (χ3v) is 2.46. The van der Waals surface area contributed by atoms with Gasteiger partial charge in [0.1, 0.15) is 5.75 Å². The molecule has 16 heavy (non-hydrogen) atoms. The molecule has 0 aromatic heterocycles. The normalized spacial score (nSPS) is 15.8. The van der Waals surface area contributed by atoms with Crippen molar-refractivity contribution in [1.82, 2.24) is 10.6 Å². The summed E-state index contributed by atoms with van der Waals surface area (Å²) < 4.78 is 0. The maximum atomic E-state index is 11.4. The van der Waals surface area contributed by atoms with Crippen molar-refractivity contribution in [2.75, 3.05) is 13.1 Å². The first-order valence-corrected chi connectivity index (χ1v) is 5.20. The molecule has 1 heterocycles. The van der Waals surface area contributed by atoms with Crippen LogP contribution in [0.2, 0.25) is 0 Å². The maximum Gasteiger partial charge on any atom is 0.246 e. The number of amides is 1. The Morgan fingerprint density at radius 1 is 1.25 bits per heavy atom. The molecule has 0 atom stereocenters. The highest BCUT2D eigenvalue weighted by Gasteiger charge is 2.11. The third-order valence-electron chi connectivity index (χ3n) is 2.46. The second-order valence-electron chi connectivity index (χ2n) is 3.80. The molecule has 4 heteroatoms. The molecule has 4 nitrogen and oxygen atoms in total. The van der Waals surface area contributed by atoms with E-state index in [1.807, 2.05) is 19.1 Å². The minimum atomic E-state index is -0.138. The average Bonchev–Trinajstić information content (AvgIpc) is 2.46. The summed E-state index contributed by atoms with van der Waals surface area (Å²) in [5.41, 5.74) is 2.37. The van der Waals surface area contributed by atoms with Crippen molar-refractivity contribution >= 4 is 11.6 Å². The molecule has 0 saturated carbocycles. The summed E-state index contributed by atoms with van der Waals surface area (Å²) in [6.07, 6.45) is 1.47. The van der Waals surface area contributed by atoms with E-state index in [0.29, 0.717) is 24.4 Å². The lowest BCUT2D eigenvalue weighted by atomic mass is 10.1. The molecule has 1 aromatic carbocycles. The van der Waals surface area contributed by atoms with Crippen molar-refractivity contribution in [3.8, 4) is 5.75 Å². The molecule has 1 aliphatic heterocycles. The van der Waals surface area contributed by atoms with E-state index in [1.54, 1.807) is 6.07 Å². The van der Waals surface area contributed by atoms with Gasteiger partial charge in [0.2, 0.25) is 5.91 Å². The van der Waals surface area contributed by atoms with Crippen LogP contribution in [0.5, 0.6) is 5.75 Å². The van der Waals surface area contributed by atoms with Gasteiger partial charge in [0.15, 0.2) is 0 Å². The van der Waals surface area contributed by atoms with Gasteiger partial charge in [0, 0.05) is 24.7 Å². The molecule has 0 radical (unpaired) electrons. The molecule has 0 spiro atoms. The summed E-state index contributed by atoms with van der Waals surface area (Å²) in [6, 6.07) is 5.32. The molecule has 1 amide bonds. The van der Waals surface area contributed by atoms with Gasteiger partial charge in [0.25, 0.3) is 0 Å². The van der Waals surface area contributed by atoms with Crippen molar-refractivity contribution < 1.29 is 9.90 Å². The van der Waals surface area contributed by atoms with Crippen molar-refractivity contribution in [3.05, 3.63) is 35.4 Å². The van der Waals surface area contributed by atoms with Gasteiger partial charge in [-0.2, -0.15) is 0 Å². The molecule has 0 aliphatic carbocycles. The van der Waals surface area contributed by atoms with Crippen molar-refractivity contribution in [2.24, 2.45) is 0 Å². The first-order valence-electron chi connectivity index (χ1n) is 5.20. The topological polar surface area (TPSA) is 61.4 Å². The lowest BCUT2D eigenvalue weighted by Gasteiger charge is -2.10. The van der Waals surface area contributed by atoms with Crippen LogP contribution >= 0.6 is 0 Å². The van der Waals surface area contributed by atoms with Crippen LogP contribution in [0, 0.1) is 6.92 Å². The van der Waals surface area contributed by atoms with Gasteiger partial charge in [-0.15, -0.1) is 0 Å². The second-order valence-corrected chi connectivity index (χ2v) is 3.80. The van der Waals surface area contributed by atoms with Gasteiger partial charge in [-0.25, -0.2) is 0 Å². The Hall–Kier alpha value is -1.97. The van der Waals surface area contributed by atoms with E-state index in [0.717, 1.165) is 5.56 Å². The lowest BCUT2D eigenvalue weighted by molar-refractivity contribution is -0.116. The maximum absolute atomic E-state index is 11.4. The highest BCUT2D eigenvalue weighted by atomic mass is 16.3. The van der Waals surface area contributed by atoms with Crippen LogP contribution in [0.25, 0.3) is 5.70 Å². The van der Waals surface area contributed by atoms with E-state index in [4.69, 9.17) is 0 Å². The number of benzene rings is 1. The average molecular weight is 218 g/mol. The summed E-state index contributed by atoms with van der Waals surface area (Å²) in [5, 5.41) is 15.6. The highest BCUT2D eigenvalue weighted by Crippen LogP contribution is 2.24. The number of phenolic OH excluding ortho intramolecular Hbond substituents is 1.